The second-order valence-corrected chi connectivity index (χ2v) is 7.26. The summed E-state index contributed by atoms with van der Waals surface area (Å²) in [6, 6.07) is 13.6. The van der Waals surface area contributed by atoms with Gasteiger partial charge >= 0.3 is 0 Å². The topological polar surface area (TPSA) is 65.4 Å². The van der Waals surface area contributed by atoms with Crippen LogP contribution in [0.1, 0.15) is 17.5 Å². The van der Waals surface area contributed by atoms with Crippen molar-refractivity contribution in [3.8, 4) is 17.2 Å². The van der Waals surface area contributed by atoms with Crippen LogP contribution in [-0.4, -0.2) is 35.4 Å². The largest absolute Gasteiger partial charge is 0.489 e. The Morgan fingerprint density at radius 2 is 1.97 bits per heavy atom. The molecule has 2 heterocycles. The van der Waals surface area contributed by atoms with Crippen molar-refractivity contribution in [2.75, 3.05) is 19.8 Å². The number of carbonyl (C=O) groups is 1. The fourth-order valence-electron chi connectivity index (χ4n) is 3.22. The molecule has 1 amide bonds. The third-order valence-electron chi connectivity index (χ3n) is 4.67. The molecule has 1 N–H and O–H groups in total. The molecule has 4 rings (SSSR count). The zero-order chi connectivity index (χ0) is 20.1. The molecule has 0 atom stereocenters. The van der Waals surface area contributed by atoms with Gasteiger partial charge in [-0.2, -0.15) is 5.10 Å². The molecule has 0 saturated carbocycles. The molecule has 0 radical (unpaired) electrons. The normalized spacial score (nSPS) is 13.0. The second kappa shape index (κ2) is 9.01. The number of aromatic nitrogens is 2. The average Bonchev–Trinajstić information content (AvgIpc) is 3.14. The molecule has 3 aromatic rings. The van der Waals surface area contributed by atoms with Crippen LogP contribution in [0.15, 0.2) is 54.9 Å². The molecule has 0 aliphatic carbocycles. The Morgan fingerprint density at radius 3 is 2.76 bits per heavy atom. The molecule has 150 valence electrons. The third-order valence-corrected chi connectivity index (χ3v) is 4.95. The SMILES string of the molecule is O=C(Cc1cc(Cl)c2c(c1)OCCCO2)NCCc1ccc(-n2cccn2)cc1. The first-order chi connectivity index (χ1) is 14.2. The molecule has 2 aromatic carbocycles. The number of amides is 1. The van der Waals surface area contributed by atoms with Gasteiger partial charge in [0.2, 0.25) is 5.91 Å². The Morgan fingerprint density at radius 1 is 1.14 bits per heavy atom. The van der Waals surface area contributed by atoms with Crippen molar-refractivity contribution < 1.29 is 14.3 Å². The van der Waals surface area contributed by atoms with E-state index in [1.807, 2.05) is 47.3 Å². The lowest BCUT2D eigenvalue weighted by Gasteiger charge is -2.12. The maximum Gasteiger partial charge on any atom is 0.224 e. The molecule has 0 spiro atoms. The molecule has 7 heteroatoms. The highest BCUT2D eigenvalue weighted by Gasteiger charge is 2.16. The van der Waals surface area contributed by atoms with E-state index >= 15 is 0 Å². The van der Waals surface area contributed by atoms with E-state index in [1.54, 1.807) is 12.3 Å². The maximum absolute atomic E-state index is 12.3. The molecule has 29 heavy (non-hydrogen) atoms. The van der Waals surface area contributed by atoms with Gasteiger partial charge in [0.25, 0.3) is 0 Å². The van der Waals surface area contributed by atoms with Crippen LogP contribution in [0.5, 0.6) is 11.5 Å². The van der Waals surface area contributed by atoms with Gasteiger partial charge < -0.3 is 14.8 Å². The average molecular weight is 412 g/mol. The first-order valence-electron chi connectivity index (χ1n) is 9.63. The van der Waals surface area contributed by atoms with E-state index in [2.05, 4.69) is 10.4 Å². The number of benzene rings is 2. The quantitative estimate of drug-likeness (QED) is 0.673. The number of rotatable bonds is 6. The minimum Gasteiger partial charge on any atom is -0.489 e. The third kappa shape index (κ3) is 4.90. The van der Waals surface area contributed by atoms with E-state index < -0.39 is 0 Å². The molecule has 0 saturated heterocycles. The number of nitrogens with one attached hydrogen (secondary N) is 1. The zero-order valence-electron chi connectivity index (χ0n) is 15.9. The maximum atomic E-state index is 12.3. The second-order valence-electron chi connectivity index (χ2n) is 6.85. The van der Waals surface area contributed by atoms with Crippen molar-refractivity contribution in [3.05, 3.63) is 71.0 Å². The Kier molecular flexibility index (Phi) is 6.00. The van der Waals surface area contributed by atoms with Crippen molar-refractivity contribution in [2.45, 2.75) is 19.3 Å². The molecule has 0 unspecified atom stereocenters. The minimum atomic E-state index is -0.0521. The molecule has 0 bridgehead atoms. The Hall–Kier alpha value is -2.99. The van der Waals surface area contributed by atoms with E-state index in [-0.39, 0.29) is 12.3 Å². The van der Waals surface area contributed by atoms with Crippen molar-refractivity contribution >= 4 is 17.5 Å². The highest BCUT2D eigenvalue weighted by molar-refractivity contribution is 6.32. The van der Waals surface area contributed by atoms with Crippen molar-refractivity contribution in [1.82, 2.24) is 15.1 Å². The number of hydrogen-bond acceptors (Lipinski definition) is 4. The lowest BCUT2D eigenvalue weighted by Crippen LogP contribution is -2.27. The number of carbonyl (C=O) groups excluding carboxylic acids is 1. The predicted molar refractivity (Wildman–Crippen MR) is 111 cm³/mol. The van der Waals surface area contributed by atoms with Gasteiger partial charge in [0.15, 0.2) is 11.5 Å². The summed E-state index contributed by atoms with van der Waals surface area (Å²) in [5, 5.41) is 7.65. The van der Waals surface area contributed by atoms with E-state index in [4.69, 9.17) is 21.1 Å². The number of hydrogen-bond donors (Lipinski definition) is 1. The van der Waals surface area contributed by atoms with Crippen molar-refractivity contribution in [2.24, 2.45) is 0 Å². The van der Waals surface area contributed by atoms with Crippen LogP contribution in [-0.2, 0) is 17.6 Å². The van der Waals surface area contributed by atoms with E-state index in [0.717, 1.165) is 29.7 Å². The van der Waals surface area contributed by atoms with Crippen LogP contribution in [0.2, 0.25) is 5.02 Å². The highest BCUT2D eigenvalue weighted by atomic mass is 35.5. The highest BCUT2D eigenvalue weighted by Crippen LogP contribution is 2.38. The summed E-state index contributed by atoms with van der Waals surface area (Å²) >= 11 is 6.29. The summed E-state index contributed by atoms with van der Waals surface area (Å²) in [6.45, 7) is 1.73. The molecule has 6 nitrogen and oxygen atoms in total. The fraction of sp³-hybridized carbons (Fsp3) is 0.273. The molecular formula is C22H22ClN3O3. The van der Waals surface area contributed by atoms with Crippen molar-refractivity contribution in [3.63, 3.8) is 0 Å². The summed E-state index contributed by atoms with van der Waals surface area (Å²) in [6.07, 6.45) is 5.46. The monoisotopic (exact) mass is 411 g/mol. The summed E-state index contributed by atoms with van der Waals surface area (Å²) in [5.74, 6) is 1.12. The minimum absolute atomic E-state index is 0.0521. The molecule has 1 aromatic heterocycles. The van der Waals surface area contributed by atoms with Crippen LogP contribution >= 0.6 is 11.6 Å². The number of nitrogens with zero attached hydrogens (tertiary/aromatic N) is 2. The summed E-state index contributed by atoms with van der Waals surface area (Å²) < 4.78 is 13.1. The fourth-order valence-corrected chi connectivity index (χ4v) is 3.51. The summed E-state index contributed by atoms with van der Waals surface area (Å²) in [5.41, 5.74) is 2.97. The first kappa shape index (κ1) is 19.3. The van der Waals surface area contributed by atoms with E-state index in [9.17, 15) is 4.79 Å². The van der Waals surface area contributed by atoms with Gasteiger partial charge in [-0.15, -0.1) is 0 Å². The molecule has 0 fully saturated rings. The summed E-state index contributed by atoms with van der Waals surface area (Å²) in [4.78, 5) is 12.3. The van der Waals surface area contributed by atoms with Gasteiger partial charge in [-0.05, 0) is 47.9 Å². The zero-order valence-corrected chi connectivity index (χ0v) is 16.7. The summed E-state index contributed by atoms with van der Waals surface area (Å²) in [7, 11) is 0. The number of ether oxygens (including phenoxy) is 2. The van der Waals surface area contributed by atoms with Gasteiger partial charge in [-0.1, -0.05) is 23.7 Å². The van der Waals surface area contributed by atoms with Gasteiger partial charge in [0.1, 0.15) is 0 Å². The molecule has 1 aliphatic heterocycles. The van der Waals surface area contributed by atoms with Gasteiger partial charge in [0.05, 0.1) is 30.3 Å². The molecule has 1 aliphatic rings. The Balaban J connectivity index is 1.29. The van der Waals surface area contributed by atoms with E-state index in [1.165, 1.54) is 0 Å². The number of fused-ring (bicyclic) bond motifs is 1. The van der Waals surface area contributed by atoms with Crippen molar-refractivity contribution in [1.29, 1.82) is 0 Å². The number of halogens is 1. The van der Waals surface area contributed by atoms with Crippen LogP contribution < -0.4 is 14.8 Å². The lowest BCUT2D eigenvalue weighted by molar-refractivity contribution is -0.120. The van der Waals surface area contributed by atoms with Gasteiger partial charge in [0, 0.05) is 25.4 Å². The van der Waals surface area contributed by atoms with Crippen LogP contribution in [0.25, 0.3) is 5.69 Å². The van der Waals surface area contributed by atoms with E-state index in [0.29, 0.717) is 36.3 Å². The van der Waals surface area contributed by atoms with Crippen LogP contribution in [0.3, 0.4) is 0 Å². The predicted octanol–water partition coefficient (Wildman–Crippen LogP) is 3.59. The first-order valence-corrected chi connectivity index (χ1v) is 10.0. The lowest BCUT2D eigenvalue weighted by atomic mass is 10.1. The Bertz CT molecular complexity index is 972. The van der Waals surface area contributed by atoms with Gasteiger partial charge in [-0.25, -0.2) is 4.68 Å². The van der Waals surface area contributed by atoms with Crippen LogP contribution in [0, 0.1) is 0 Å². The standard InChI is InChI=1S/C22H22ClN3O3/c23-19-13-17(14-20-22(19)29-12-2-11-28-20)15-21(27)24-9-7-16-3-5-18(6-4-16)26-10-1-8-25-26/h1,3-6,8,10,13-14H,2,7,9,11-12,15H2,(H,24,27). The molecular weight excluding hydrogens is 390 g/mol. The van der Waals surface area contributed by atoms with Gasteiger partial charge in [-0.3, -0.25) is 4.79 Å². The smallest absolute Gasteiger partial charge is 0.224 e. The van der Waals surface area contributed by atoms with Crippen LogP contribution in [0.4, 0.5) is 0 Å². The Labute approximate surface area is 174 Å².